The van der Waals surface area contributed by atoms with Crippen LogP contribution in [0.2, 0.25) is 0 Å². The zero-order valence-corrected chi connectivity index (χ0v) is 15.4. The van der Waals surface area contributed by atoms with Crippen molar-refractivity contribution in [2.45, 2.75) is 25.7 Å². The third-order valence-electron chi connectivity index (χ3n) is 5.72. The summed E-state index contributed by atoms with van der Waals surface area (Å²) in [6.07, 6.45) is 7.17. The van der Waals surface area contributed by atoms with E-state index in [0.29, 0.717) is 0 Å². The van der Waals surface area contributed by atoms with Crippen molar-refractivity contribution in [1.29, 1.82) is 0 Å². The van der Waals surface area contributed by atoms with E-state index in [4.69, 9.17) is 0 Å². The molecule has 0 atom stereocenters. The summed E-state index contributed by atoms with van der Waals surface area (Å²) < 4.78 is 0. The maximum atomic E-state index is 3.12. The first kappa shape index (κ1) is 16.1. The van der Waals surface area contributed by atoms with E-state index < -0.39 is 0 Å². The zero-order valence-electron chi connectivity index (χ0n) is 15.4. The Balaban J connectivity index is 0.000000149. The fourth-order valence-electron chi connectivity index (χ4n) is 4.34. The lowest BCUT2D eigenvalue weighted by atomic mass is 9.86. The van der Waals surface area contributed by atoms with Crippen LogP contribution in [0.3, 0.4) is 0 Å². The van der Waals surface area contributed by atoms with Gasteiger partial charge in [0.2, 0.25) is 0 Å². The van der Waals surface area contributed by atoms with Gasteiger partial charge in [-0.1, -0.05) is 66.7 Å². The molecule has 0 radical (unpaired) electrons. The fourth-order valence-corrected chi connectivity index (χ4v) is 4.34. The van der Waals surface area contributed by atoms with E-state index in [2.05, 4.69) is 71.7 Å². The van der Waals surface area contributed by atoms with E-state index in [1.54, 1.807) is 11.1 Å². The number of fused-ring (bicyclic) bond motifs is 6. The van der Waals surface area contributed by atoms with Crippen molar-refractivity contribution < 1.29 is 0 Å². The first-order valence-corrected chi connectivity index (χ1v) is 9.84. The molecule has 0 aliphatic heterocycles. The van der Waals surface area contributed by atoms with Crippen LogP contribution in [0.5, 0.6) is 0 Å². The van der Waals surface area contributed by atoms with Gasteiger partial charge in [-0.3, -0.25) is 0 Å². The van der Waals surface area contributed by atoms with Crippen LogP contribution in [0.1, 0.15) is 24.0 Å². The van der Waals surface area contributed by atoms with Crippen LogP contribution in [0, 0.1) is 0 Å². The molecule has 0 saturated heterocycles. The van der Waals surface area contributed by atoms with Gasteiger partial charge in [0.25, 0.3) is 0 Å². The van der Waals surface area contributed by atoms with Crippen LogP contribution >= 0.6 is 0 Å². The summed E-state index contributed by atoms with van der Waals surface area (Å²) in [5.41, 5.74) is 4.38. The Labute approximate surface area is 159 Å². The minimum Gasteiger partial charge on any atom is -0.361 e. The van der Waals surface area contributed by atoms with E-state index in [0.717, 1.165) is 0 Å². The smallest absolute Gasteiger partial charge is 0.0453 e. The van der Waals surface area contributed by atoms with Gasteiger partial charge in [-0.2, -0.15) is 0 Å². The average molecular weight is 349 g/mol. The summed E-state index contributed by atoms with van der Waals surface area (Å²) in [4.78, 5) is 3.12. The van der Waals surface area contributed by atoms with Crippen LogP contribution in [0.4, 0.5) is 0 Å². The summed E-state index contributed by atoms with van der Waals surface area (Å²) in [5, 5.41) is 6.92. The van der Waals surface area contributed by atoms with Gasteiger partial charge in [-0.15, -0.1) is 0 Å². The predicted molar refractivity (Wildman–Crippen MR) is 116 cm³/mol. The Bertz CT molecular complexity index is 1200. The minimum atomic E-state index is 1.21. The van der Waals surface area contributed by atoms with E-state index in [1.807, 2.05) is 18.3 Å². The SMILES string of the molecule is c1ccc2[nH]ccc2c1.c1ccc2c(c1)ccc1c3c(ccc12)CCCC3. The summed E-state index contributed by atoms with van der Waals surface area (Å²) in [6, 6.07) is 28.2. The molecule has 4 aromatic carbocycles. The number of hydrogen-bond acceptors (Lipinski definition) is 0. The van der Waals surface area contributed by atoms with Gasteiger partial charge in [0.1, 0.15) is 0 Å². The standard InChI is InChI=1S/C18H16.C8H7N/c1-3-7-15-13(5-1)9-11-18-16-8-4-2-6-14(16)10-12-17(15)18;1-2-4-8-7(3-1)5-6-9-8/h1,3,5,7,9-12H,2,4,6,8H2;1-6,9H. The second kappa shape index (κ2) is 6.92. The lowest BCUT2D eigenvalue weighted by molar-refractivity contribution is 0.690. The topological polar surface area (TPSA) is 15.8 Å². The Hall–Kier alpha value is -3.06. The Kier molecular flexibility index (Phi) is 4.14. The Morgan fingerprint density at radius 1 is 0.556 bits per heavy atom. The second-order valence-corrected chi connectivity index (χ2v) is 7.36. The molecule has 1 nitrogen and oxygen atoms in total. The molecule has 0 saturated carbocycles. The number of para-hydroxylation sites is 1. The van der Waals surface area contributed by atoms with E-state index >= 15 is 0 Å². The largest absolute Gasteiger partial charge is 0.361 e. The highest BCUT2D eigenvalue weighted by Gasteiger charge is 2.13. The van der Waals surface area contributed by atoms with E-state index in [1.165, 1.54) is 58.1 Å². The van der Waals surface area contributed by atoms with Crippen molar-refractivity contribution in [3.8, 4) is 0 Å². The number of aromatic nitrogens is 1. The highest BCUT2D eigenvalue weighted by molar-refractivity contribution is 6.08. The number of rotatable bonds is 0. The van der Waals surface area contributed by atoms with Gasteiger partial charge in [0.15, 0.2) is 0 Å². The van der Waals surface area contributed by atoms with Crippen molar-refractivity contribution in [3.05, 3.63) is 96.2 Å². The lowest BCUT2D eigenvalue weighted by Crippen LogP contribution is -2.02. The van der Waals surface area contributed by atoms with Gasteiger partial charge >= 0.3 is 0 Å². The van der Waals surface area contributed by atoms with Gasteiger partial charge in [0.05, 0.1) is 0 Å². The van der Waals surface area contributed by atoms with E-state index in [-0.39, 0.29) is 0 Å². The van der Waals surface area contributed by atoms with Crippen LogP contribution < -0.4 is 0 Å². The summed E-state index contributed by atoms with van der Waals surface area (Å²) in [5.74, 6) is 0. The third-order valence-corrected chi connectivity index (χ3v) is 5.72. The molecular weight excluding hydrogens is 326 g/mol. The first-order valence-electron chi connectivity index (χ1n) is 9.84. The average Bonchev–Trinajstić information content (AvgIpc) is 3.23. The molecule has 1 aliphatic rings. The molecular formula is C26H23N. The van der Waals surface area contributed by atoms with Crippen LogP contribution in [-0.4, -0.2) is 4.98 Å². The molecule has 0 amide bonds. The van der Waals surface area contributed by atoms with Gasteiger partial charge in [-0.25, -0.2) is 0 Å². The first-order chi connectivity index (χ1) is 13.4. The zero-order chi connectivity index (χ0) is 18.1. The Morgan fingerprint density at radius 3 is 2.26 bits per heavy atom. The molecule has 1 heterocycles. The monoisotopic (exact) mass is 349 g/mol. The van der Waals surface area contributed by atoms with E-state index in [9.17, 15) is 0 Å². The number of nitrogens with one attached hydrogen (secondary N) is 1. The second-order valence-electron chi connectivity index (χ2n) is 7.36. The van der Waals surface area contributed by atoms with Gasteiger partial charge in [0, 0.05) is 11.7 Å². The van der Waals surface area contributed by atoms with Crippen molar-refractivity contribution in [3.63, 3.8) is 0 Å². The highest BCUT2D eigenvalue weighted by atomic mass is 14.7. The maximum Gasteiger partial charge on any atom is 0.0453 e. The molecule has 0 spiro atoms. The molecule has 1 aliphatic carbocycles. The Morgan fingerprint density at radius 2 is 1.33 bits per heavy atom. The minimum absolute atomic E-state index is 1.21. The summed E-state index contributed by atoms with van der Waals surface area (Å²) in [6.45, 7) is 0. The van der Waals surface area contributed by atoms with Crippen LogP contribution in [-0.2, 0) is 12.8 Å². The van der Waals surface area contributed by atoms with Crippen molar-refractivity contribution in [2.75, 3.05) is 0 Å². The quantitative estimate of drug-likeness (QED) is 0.289. The molecule has 0 bridgehead atoms. The fraction of sp³-hybridized carbons (Fsp3) is 0.154. The molecule has 0 unspecified atom stereocenters. The van der Waals surface area contributed by atoms with Gasteiger partial charge < -0.3 is 4.98 Å². The normalized spacial score (nSPS) is 13.3. The number of benzene rings is 4. The summed E-state index contributed by atoms with van der Waals surface area (Å²) >= 11 is 0. The molecule has 0 fully saturated rings. The lowest BCUT2D eigenvalue weighted by Gasteiger charge is -2.18. The van der Waals surface area contributed by atoms with Crippen LogP contribution in [0.15, 0.2) is 85.1 Å². The number of aryl methyl sites for hydroxylation is 2. The molecule has 5 aromatic rings. The predicted octanol–water partition coefficient (Wildman–Crippen LogP) is 7.04. The maximum absolute atomic E-state index is 3.12. The molecule has 6 rings (SSSR count). The molecule has 1 heteroatoms. The number of aromatic amines is 1. The third kappa shape index (κ3) is 3.00. The molecule has 1 N–H and O–H groups in total. The van der Waals surface area contributed by atoms with Gasteiger partial charge in [-0.05, 0) is 75.9 Å². The van der Waals surface area contributed by atoms with Crippen LogP contribution in [0.25, 0.3) is 32.4 Å². The highest BCUT2D eigenvalue weighted by Crippen LogP contribution is 2.33. The molecule has 27 heavy (non-hydrogen) atoms. The van der Waals surface area contributed by atoms with Crippen molar-refractivity contribution in [1.82, 2.24) is 4.98 Å². The van der Waals surface area contributed by atoms with Crippen molar-refractivity contribution in [2.24, 2.45) is 0 Å². The summed E-state index contributed by atoms with van der Waals surface area (Å²) in [7, 11) is 0. The van der Waals surface area contributed by atoms with Crippen molar-refractivity contribution >= 4 is 32.4 Å². The number of hydrogen-bond donors (Lipinski definition) is 1. The number of H-pyrrole nitrogens is 1. The molecule has 132 valence electrons. The molecule has 1 aromatic heterocycles.